The average molecular weight is 570 g/mol. The number of hydrogen-bond acceptors (Lipinski definition) is 2. The molecule has 2 unspecified atom stereocenters. The van der Waals surface area contributed by atoms with Crippen LogP contribution in [0.5, 0.6) is 0 Å². The Balaban J connectivity index is 1.79. The predicted octanol–water partition coefficient (Wildman–Crippen LogP) is 6.21. The van der Waals surface area contributed by atoms with Gasteiger partial charge in [0.05, 0.1) is 23.2 Å². The Labute approximate surface area is 206 Å². The van der Waals surface area contributed by atoms with E-state index in [1.54, 1.807) is 0 Å². The van der Waals surface area contributed by atoms with Crippen LogP contribution < -0.4 is 10.6 Å². The van der Waals surface area contributed by atoms with E-state index < -0.39 is 75.3 Å². The number of nitrogens with one attached hydrogen (secondary N) is 2. The van der Waals surface area contributed by atoms with E-state index in [0.29, 0.717) is 12.1 Å². The molecule has 1 aliphatic carbocycles. The van der Waals surface area contributed by atoms with Gasteiger partial charge in [-0.15, -0.1) is 23.2 Å². The Hall–Kier alpha value is -2.31. The van der Waals surface area contributed by atoms with Crippen molar-refractivity contribution in [3.8, 4) is 0 Å². The first-order valence-corrected chi connectivity index (χ1v) is 10.5. The van der Waals surface area contributed by atoms with Crippen LogP contribution in [0.4, 0.5) is 40.8 Å². The van der Waals surface area contributed by atoms with E-state index in [1.807, 2.05) is 5.32 Å². The lowest BCUT2D eigenvalue weighted by Crippen LogP contribution is -2.47. The van der Waals surface area contributed by atoms with Gasteiger partial charge in [-0.1, -0.05) is 17.7 Å². The summed E-state index contributed by atoms with van der Waals surface area (Å²) in [5.41, 5.74) is -2.05. The van der Waals surface area contributed by atoms with Crippen molar-refractivity contribution in [2.24, 2.45) is 5.92 Å². The number of carbonyl (C=O) groups is 2. The minimum absolute atomic E-state index is 0.270. The number of anilines is 1. The van der Waals surface area contributed by atoms with Crippen LogP contribution in [0.2, 0.25) is 5.02 Å². The smallest absolute Gasteiger partial charge is 0.345 e. The highest BCUT2D eigenvalue weighted by Crippen LogP contribution is 2.65. The third-order valence-corrected chi connectivity index (χ3v) is 6.33. The number of halogens is 11. The standard InChI is InChI=1S/C20H11Cl3F8N2O2/c21-8-5-7(1-2-9(8)24)13-14(19(13,22)23)17(35)33-11-4-3-10(25)12(15(11)26)16(34)32-6-18(27,28)20(29,30)31/h1-5,13-14H,6H2,(H,32,34)(H,33,35). The Bertz CT molecular complexity index is 1190. The molecular formula is C20H11Cl3F8N2O2. The summed E-state index contributed by atoms with van der Waals surface area (Å²) in [5.74, 6) is -14.5. The van der Waals surface area contributed by atoms with Gasteiger partial charge in [0.2, 0.25) is 5.91 Å². The van der Waals surface area contributed by atoms with Gasteiger partial charge in [0.1, 0.15) is 21.5 Å². The topological polar surface area (TPSA) is 58.2 Å². The number of benzene rings is 2. The fourth-order valence-corrected chi connectivity index (χ4v) is 4.24. The van der Waals surface area contributed by atoms with E-state index in [4.69, 9.17) is 34.8 Å². The van der Waals surface area contributed by atoms with Crippen LogP contribution in [-0.2, 0) is 4.79 Å². The number of rotatable bonds is 6. The predicted molar refractivity (Wildman–Crippen MR) is 110 cm³/mol. The zero-order chi connectivity index (χ0) is 26.5. The Morgan fingerprint density at radius 2 is 1.57 bits per heavy atom. The first-order valence-electron chi connectivity index (χ1n) is 9.33. The van der Waals surface area contributed by atoms with Crippen LogP contribution in [0.25, 0.3) is 0 Å². The van der Waals surface area contributed by atoms with Crippen molar-refractivity contribution in [3.05, 3.63) is 63.9 Å². The minimum atomic E-state index is -6.02. The summed E-state index contributed by atoms with van der Waals surface area (Å²) in [6.07, 6.45) is -6.02. The third-order valence-electron chi connectivity index (χ3n) is 5.10. The third kappa shape index (κ3) is 5.29. The van der Waals surface area contributed by atoms with Crippen molar-refractivity contribution in [3.63, 3.8) is 0 Å². The second kappa shape index (κ2) is 9.29. The van der Waals surface area contributed by atoms with Crippen molar-refractivity contribution in [2.45, 2.75) is 22.4 Å². The second-order valence-corrected chi connectivity index (χ2v) is 9.31. The lowest BCUT2D eigenvalue weighted by atomic mass is 10.1. The largest absolute Gasteiger partial charge is 0.455 e. The first kappa shape index (κ1) is 27.3. The van der Waals surface area contributed by atoms with Gasteiger partial charge in [0.25, 0.3) is 5.91 Å². The maximum atomic E-state index is 14.7. The zero-order valence-electron chi connectivity index (χ0n) is 16.7. The van der Waals surface area contributed by atoms with Crippen LogP contribution in [0.1, 0.15) is 21.8 Å². The summed E-state index contributed by atoms with van der Waals surface area (Å²) in [6.45, 7) is -2.28. The maximum absolute atomic E-state index is 14.7. The van der Waals surface area contributed by atoms with Crippen molar-refractivity contribution >= 4 is 52.3 Å². The van der Waals surface area contributed by atoms with E-state index in [0.717, 1.165) is 11.4 Å². The molecule has 4 nitrogen and oxygen atoms in total. The highest BCUT2D eigenvalue weighted by atomic mass is 35.5. The molecule has 0 radical (unpaired) electrons. The normalized spacial score (nSPS) is 19.3. The molecule has 1 fully saturated rings. The zero-order valence-corrected chi connectivity index (χ0v) is 19.0. The van der Waals surface area contributed by atoms with E-state index >= 15 is 0 Å². The van der Waals surface area contributed by atoms with Crippen molar-refractivity contribution in [1.82, 2.24) is 5.32 Å². The quantitative estimate of drug-likeness (QED) is 0.321. The summed E-state index contributed by atoms with van der Waals surface area (Å²) < 4.78 is 103. The molecular weight excluding hydrogens is 559 g/mol. The van der Waals surface area contributed by atoms with Gasteiger partial charge >= 0.3 is 12.1 Å². The van der Waals surface area contributed by atoms with Crippen molar-refractivity contribution < 1.29 is 44.7 Å². The van der Waals surface area contributed by atoms with Gasteiger partial charge in [0, 0.05) is 5.92 Å². The van der Waals surface area contributed by atoms with Crippen molar-refractivity contribution in [2.75, 3.05) is 11.9 Å². The molecule has 0 saturated heterocycles. The molecule has 2 amide bonds. The van der Waals surface area contributed by atoms with E-state index in [-0.39, 0.29) is 10.6 Å². The number of hydrogen-bond donors (Lipinski definition) is 2. The minimum Gasteiger partial charge on any atom is -0.345 e. The number of amides is 2. The van der Waals surface area contributed by atoms with Crippen LogP contribution in [-0.4, -0.2) is 34.8 Å². The lowest BCUT2D eigenvalue weighted by Gasteiger charge is -2.20. The average Bonchev–Trinajstić information content (AvgIpc) is 3.32. The first-order chi connectivity index (χ1) is 16.0. The van der Waals surface area contributed by atoms with Gasteiger partial charge in [-0.25, -0.2) is 13.2 Å². The molecule has 0 heterocycles. The van der Waals surface area contributed by atoms with Gasteiger partial charge in [0.15, 0.2) is 5.82 Å². The molecule has 35 heavy (non-hydrogen) atoms. The lowest BCUT2D eigenvalue weighted by molar-refractivity contribution is -0.278. The SMILES string of the molecule is O=C(NCC(F)(F)C(F)(F)F)c1c(F)ccc(NC(=O)C2C(c3ccc(F)c(Cl)c3)C2(Cl)Cl)c1F. The molecule has 2 aromatic rings. The number of alkyl halides is 7. The van der Waals surface area contributed by atoms with Crippen LogP contribution in [0.15, 0.2) is 30.3 Å². The van der Waals surface area contributed by atoms with Gasteiger partial charge in [-0.05, 0) is 29.8 Å². The maximum Gasteiger partial charge on any atom is 0.455 e. The molecule has 15 heteroatoms. The molecule has 0 aromatic heterocycles. The summed E-state index contributed by atoms with van der Waals surface area (Å²) >= 11 is 17.9. The van der Waals surface area contributed by atoms with Crippen LogP contribution in [0, 0.1) is 23.4 Å². The van der Waals surface area contributed by atoms with E-state index in [9.17, 15) is 44.7 Å². The van der Waals surface area contributed by atoms with Gasteiger partial charge in [-0.2, -0.15) is 22.0 Å². The monoisotopic (exact) mass is 568 g/mol. The van der Waals surface area contributed by atoms with Gasteiger partial charge in [-0.3, -0.25) is 9.59 Å². The summed E-state index contributed by atoms with van der Waals surface area (Å²) in [6, 6.07) is 4.60. The van der Waals surface area contributed by atoms with E-state index in [1.165, 1.54) is 12.1 Å². The van der Waals surface area contributed by atoms with Crippen LogP contribution >= 0.6 is 34.8 Å². The molecule has 0 bridgehead atoms. The molecule has 2 N–H and O–H groups in total. The molecule has 1 aliphatic rings. The van der Waals surface area contributed by atoms with Gasteiger partial charge < -0.3 is 10.6 Å². The number of carbonyl (C=O) groups excluding carboxylic acids is 2. The molecule has 0 spiro atoms. The van der Waals surface area contributed by atoms with E-state index in [2.05, 4.69) is 0 Å². The molecule has 3 rings (SSSR count). The Morgan fingerprint density at radius 1 is 0.971 bits per heavy atom. The fourth-order valence-electron chi connectivity index (χ4n) is 3.22. The molecule has 190 valence electrons. The van der Waals surface area contributed by atoms with Crippen LogP contribution in [0.3, 0.4) is 0 Å². The molecule has 0 aliphatic heterocycles. The molecule has 2 aromatic carbocycles. The fraction of sp³-hybridized carbons (Fsp3) is 0.300. The molecule has 2 atom stereocenters. The summed E-state index contributed by atoms with van der Waals surface area (Å²) in [7, 11) is 0. The summed E-state index contributed by atoms with van der Waals surface area (Å²) in [5, 5.41) is 2.83. The van der Waals surface area contributed by atoms with Crippen molar-refractivity contribution in [1.29, 1.82) is 0 Å². The summed E-state index contributed by atoms with van der Waals surface area (Å²) in [4.78, 5) is 24.6. The highest BCUT2D eigenvalue weighted by molar-refractivity contribution is 6.53. The molecule has 1 saturated carbocycles. The Morgan fingerprint density at radius 3 is 2.14 bits per heavy atom. The highest BCUT2D eigenvalue weighted by Gasteiger charge is 2.67. The Kier molecular flexibility index (Phi) is 7.24. The second-order valence-electron chi connectivity index (χ2n) is 7.46.